The second-order valence-corrected chi connectivity index (χ2v) is 6.73. The van der Waals surface area contributed by atoms with Crippen molar-refractivity contribution in [2.45, 2.75) is 0 Å². The molecule has 28 heavy (non-hydrogen) atoms. The molecule has 0 radical (unpaired) electrons. The zero-order valence-electron chi connectivity index (χ0n) is 16.0. The molecule has 1 saturated heterocycles. The molecule has 2 aromatic carbocycles. The van der Waals surface area contributed by atoms with Crippen molar-refractivity contribution in [3.63, 3.8) is 0 Å². The van der Waals surface area contributed by atoms with E-state index in [4.69, 9.17) is 15.6 Å². The number of para-hydroxylation sites is 3. The van der Waals surface area contributed by atoms with Crippen LogP contribution in [-0.4, -0.2) is 73.4 Å². The molecule has 1 heterocycles. The number of nitrogens with one attached hydrogen (secondary N) is 1. The van der Waals surface area contributed by atoms with Crippen LogP contribution in [0.3, 0.4) is 0 Å². The maximum atomic E-state index is 13.1. The molecule has 7 heteroatoms. The van der Waals surface area contributed by atoms with E-state index in [0.717, 1.165) is 31.0 Å². The van der Waals surface area contributed by atoms with Gasteiger partial charge in [-0.15, -0.1) is 0 Å². The minimum Gasteiger partial charge on any atom is -0.397 e. The molecule has 0 bridgehead atoms. The van der Waals surface area contributed by atoms with Crippen LogP contribution in [0.15, 0.2) is 48.5 Å². The Balaban J connectivity index is 1.60. The van der Waals surface area contributed by atoms with Crippen LogP contribution in [0.2, 0.25) is 0 Å². The van der Waals surface area contributed by atoms with Gasteiger partial charge < -0.3 is 25.8 Å². The molecule has 1 amide bonds. The van der Waals surface area contributed by atoms with E-state index in [9.17, 15) is 4.79 Å². The first-order chi connectivity index (χ1) is 13.7. The lowest BCUT2D eigenvalue weighted by Gasteiger charge is -2.35. The number of anilines is 3. The van der Waals surface area contributed by atoms with Crippen molar-refractivity contribution in [1.29, 1.82) is 0 Å². The fraction of sp³-hybridized carbons (Fsp3) is 0.381. The highest BCUT2D eigenvalue weighted by molar-refractivity contribution is 6.00. The van der Waals surface area contributed by atoms with Gasteiger partial charge in [0.05, 0.1) is 42.4 Å². The summed E-state index contributed by atoms with van der Waals surface area (Å²) >= 11 is 0. The van der Waals surface area contributed by atoms with Gasteiger partial charge in [-0.1, -0.05) is 24.3 Å². The molecule has 0 spiro atoms. The van der Waals surface area contributed by atoms with Gasteiger partial charge in [0.2, 0.25) is 0 Å². The Labute approximate surface area is 165 Å². The third-order valence-electron chi connectivity index (χ3n) is 4.83. The molecule has 7 nitrogen and oxygen atoms in total. The summed E-state index contributed by atoms with van der Waals surface area (Å²) in [6, 6.07) is 15.0. The Morgan fingerprint density at radius 3 is 2.39 bits per heavy atom. The van der Waals surface area contributed by atoms with Crippen LogP contribution in [-0.2, 0) is 4.74 Å². The minimum absolute atomic E-state index is 0.0220. The predicted molar refractivity (Wildman–Crippen MR) is 111 cm³/mol. The standard InChI is InChI=1S/C21H28N4O3/c22-18-6-2-4-8-20(18)23-19-7-3-1-5-17(19)21(27)25-11-9-24(10-12-25)13-15-28-16-14-26/h1-8,23,26H,9-16,22H2. The number of aliphatic hydroxyl groups excluding tert-OH is 1. The van der Waals surface area contributed by atoms with Crippen molar-refractivity contribution >= 4 is 23.0 Å². The molecule has 3 rings (SSSR count). The summed E-state index contributed by atoms with van der Waals surface area (Å²) < 4.78 is 5.32. The van der Waals surface area contributed by atoms with Crippen molar-refractivity contribution in [1.82, 2.24) is 9.80 Å². The first-order valence-corrected chi connectivity index (χ1v) is 9.60. The van der Waals surface area contributed by atoms with Crippen molar-refractivity contribution < 1.29 is 14.6 Å². The summed E-state index contributed by atoms with van der Waals surface area (Å²) in [6.07, 6.45) is 0. The Kier molecular flexibility index (Phi) is 7.25. The molecule has 0 atom stereocenters. The molecule has 150 valence electrons. The first-order valence-electron chi connectivity index (χ1n) is 9.60. The van der Waals surface area contributed by atoms with Gasteiger partial charge in [0, 0.05) is 32.7 Å². The number of carbonyl (C=O) groups is 1. The van der Waals surface area contributed by atoms with Crippen LogP contribution < -0.4 is 11.1 Å². The maximum Gasteiger partial charge on any atom is 0.256 e. The van der Waals surface area contributed by atoms with Crippen molar-refractivity contribution in [3.05, 3.63) is 54.1 Å². The number of hydrogen-bond donors (Lipinski definition) is 3. The monoisotopic (exact) mass is 384 g/mol. The lowest BCUT2D eigenvalue weighted by Crippen LogP contribution is -2.49. The summed E-state index contributed by atoms with van der Waals surface area (Å²) in [5.74, 6) is 0.0220. The number of carbonyl (C=O) groups excluding carboxylic acids is 1. The highest BCUT2D eigenvalue weighted by atomic mass is 16.5. The molecule has 0 aromatic heterocycles. The van der Waals surface area contributed by atoms with E-state index in [1.807, 2.05) is 53.4 Å². The highest BCUT2D eigenvalue weighted by Crippen LogP contribution is 2.26. The molecule has 1 aliphatic heterocycles. The van der Waals surface area contributed by atoms with Crippen LogP contribution >= 0.6 is 0 Å². The molecule has 0 aliphatic carbocycles. The number of aliphatic hydroxyl groups is 1. The minimum atomic E-state index is 0.0220. The quantitative estimate of drug-likeness (QED) is 0.475. The van der Waals surface area contributed by atoms with E-state index in [0.29, 0.717) is 37.6 Å². The number of nitrogens with two attached hydrogens (primary N) is 1. The molecule has 0 saturated carbocycles. The topological polar surface area (TPSA) is 91.1 Å². The van der Waals surface area contributed by atoms with E-state index in [-0.39, 0.29) is 12.5 Å². The van der Waals surface area contributed by atoms with Crippen LogP contribution in [0.5, 0.6) is 0 Å². The molecule has 0 unspecified atom stereocenters. The van der Waals surface area contributed by atoms with E-state index >= 15 is 0 Å². The number of nitrogens with zero attached hydrogens (tertiary/aromatic N) is 2. The zero-order chi connectivity index (χ0) is 19.8. The summed E-state index contributed by atoms with van der Waals surface area (Å²) in [6.45, 7) is 4.82. The lowest BCUT2D eigenvalue weighted by molar-refractivity contribution is 0.0487. The van der Waals surface area contributed by atoms with Gasteiger partial charge in [0.1, 0.15) is 0 Å². The van der Waals surface area contributed by atoms with E-state index in [2.05, 4.69) is 10.2 Å². The average molecular weight is 384 g/mol. The van der Waals surface area contributed by atoms with Crippen LogP contribution in [0.25, 0.3) is 0 Å². The van der Waals surface area contributed by atoms with Gasteiger partial charge >= 0.3 is 0 Å². The van der Waals surface area contributed by atoms with Gasteiger partial charge in [-0.25, -0.2) is 0 Å². The zero-order valence-corrected chi connectivity index (χ0v) is 16.0. The molecule has 1 fully saturated rings. The van der Waals surface area contributed by atoms with E-state index in [1.54, 1.807) is 0 Å². The van der Waals surface area contributed by atoms with Crippen molar-refractivity contribution in [3.8, 4) is 0 Å². The summed E-state index contributed by atoms with van der Waals surface area (Å²) in [7, 11) is 0. The molecular weight excluding hydrogens is 356 g/mol. The fourth-order valence-corrected chi connectivity index (χ4v) is 3.24. The normalized spacial score (nSPS) is 14.8. The van der Waals surface area contributed by atoms with Gasteiger partial charge in [0.15, 0.2) is 0 Å². The molecule has 4 N–H and O–H groups in total. The second kappa shape index (κ2) is 10.1. The van der Waals surface area contributed by atoms with E-state index in [1.165, 1.54) is 0 Å². The fourth-order valence-electron chi connectivity index (χ4n) is 3.24. The van der Waals surface area contributed by atoms with E-state index < -0.39 is 0 Å². The average Bonchev–Trinajstić information content (AvgIpc) is 2.73. The number of amides is 1. The van der Waals surface area contributed by atoms with Gasteiger partial charge in [-0.3, -0.25) is 9.69 Å². The smallest absolute Gasteiger partial charge is 0.256 e. The third kappa shape index (κ3) is 5.22. The maximum absolute atomic E-state index is 13.1. The number of piperazine rings is 1. The highest BCUT2D eigenvalue weighted by Gasteiger charge is 2.23. The number of hydrogen-bond acceptors (Lipinski definition) is 6. The Morgan fingerprint density at radius 1 is 1.00 bits per heavy atom. The SMILES string of the molecule is Nc1ccccc1Nc1ccccc1C(=O)N1CCN(CCOCCO)CC1. The Morgan fingerprint density at radius 2 is 1.68 bits per heavy atom. The predicted octanol–water partition coefficient (Wildman–Crippen LogP) is 1.78. The Bertz CT molecular complexity index is 776. The second-order valence-electron chi connectivity index (χ2n) is 6.73. The van der Waals surface area contributed by atoms with Crippen molar-refractivity contribution in [2.24, 2.45) is 0 Å². The number of benzene rings is 2. The van der Waals surface area contributed by atoms with Gasteiger partial charge in [-0.2, -0.15) is 0 Å². The number of nitrogen functional groups attached to an aromatic ring is 1. The largest absolute Gasteiger partial charge is 0.397 e. The molecule has 1 aliphatic rings. The van der Waals surface area contributed by atoms with Gasteiger partial charge in [-0.05, 0) is 24.3 Å². The Hall–Kier alpha value is -2.61. The van der Waals surface area contributed by atoms with Gasteiger partial charge in [0.25, 0.3) is 5.91 Å². The number of ether oxygens (including phenoxy) is 1. The van der Waals surface area contributed by atoms with Crippen LogP contribution in [0, 0.1) is 0 Å². The lowest BCUT2D eigenvalue weighted by atomic mass is 10.1. The first kappa shape index (κ1) is 20.1. The number of rotatable bonds is 8. The van der Waals surface area contributed by atoms with Crippen LogP contribution in [0.1, 0.15) is 10.4 Å². The summed E-state index contributed by atoms with van der Waals surface area (Å²) in [4.78, 5) is 17.2. The summed E-state index contributed by atoms with van der Waals surface area (Å²) in [5.41, 5.74) is 8.85. The summed E-state index contributed by atoms with van der Waals surface area (Å²) in [5, 5.41) is 12.0. The van der Waals surface area contributed by atoms with Crippen LogP contribution in [0.4, 0.5) is 17.1 Å². The molecule has 2 aromatic rings. The van der Waals surface area contributed by atoms with Crippen molar-refractivity contribution in [2.75, 3.05) is 63.6 Å². The molecular formula is C21H28N4O3. The third-order valence-corrected chi connectivity index (χ3v) is 4.83.